The van der Waals surface area contributed by atoms with E-state index in [-0.39, 0.29) is 17.9 Å². The molecular weight excluding hydrogens is 256 g/mol. The van der Waals surface area contributed by atoms with Gasteiger partial charge < -0.3 is 9.84 Å². The lowest BCUT2D eigenvalue weighted by Gasteiger charge is -2.34. The van der Waals surface area contributed by atoms with Crippen LogP contribution in [0.1, 0.15) is 43.8 Å². The second-order valence-corrected chi connectivity index (χ2v) is 5.95. The van der Waals surface area contributed by atoms with Gasteiger partial charge in [-0.25, -0.2) is 0 Å². The fraction of sp³-hybridized carbons (Fsp3) is 0.786. The molecule has 110 valence electrons. The number of amides is 1. The Morgan fingerprint density at radius 3 is 2.90 bits per heavy atom. The predicted molar refractivity (Wildman–Crippen MR) is 72.8 cm³/mol. The SMILES string of the molecule is Cc1noc(CN2CCCC(NC(=O)C3CCC3)C2)n1. The third-order valence-electron chi connectivity index (χ3n) is 4.26. The van der Waals surface area contributed by atoms with E-state index in [1.54, 1.807) is 0 Å². The summed E-state index contributed by atoms with van der Waals surface area (Å²) in [7, 11) is 0. The first kappa shape index (κ1) is 13.5. The average Bonchev–Trinajstić information content (AvgIpc) is 2.72. The molecule has 1 saturated carbocycles. The van der Waals surface area contributed by atoms with Gasteiger partial charge in [-0.3, -0.25) is 9.69 Å². The molecular formula is C14H22N4O2. The molecule has 1 aliphatic carbocycles. The number of hydrogen-bond acceptors (Lipinski definition) is 5. The fourth-order valence-corrected chi connectivity index (χ4v) is 2.90. The van der Waals surface area contributed by atoms with Gasteiger partial charge in [0.2, 0.25) is 11.8 Å². The molecule has 0 bridgehead atoms. The Kier molecular flexibility index (Phi) is 4.00. The van der Waals surface area contributed by atoms with Crippen molar-refractivity contribution >= 4 is 5.91 Å². The number of nitrogens with zero attached hydrogens (tertiary/aromatic N) is 3. The molecule has 0 spiro atoms. The van der Waals surface area contributed by atoms with E-state index in [1.807, 2.05) is 6.92 Å². The highest BCUT2D eigenvalue weighted by atomic mass is 16.5. The Morgan fingerprint density at radius 1 is 1.40 bits per heavy atom. The van der Waals surface area contributed by atoms with Gasteiger partial charge in [0.05, 0.1) is 6.54 Å². The summed E-state index contributed by atoms with van der Waals surface area (Å²) in [5.41, 5.74) is 0. The Morgan fingerprint density at radius 2 is 2.25 bits per heavy atom. The number of aromatic nitrogens is 2. The molecule has 2 aliphatic rings. The summed E-state index contributed by atoms with van der Waals surface area (Å²) in [6.45, 7) is 4.40. The standard InChI is InChI=1S/C14H22N4O2/c1-10-15-13(20-17-10)9-18-7-3-6-12(8-18)16-14(19)11-4-2-5-11/h11-12H,2-9H2,1H3,(H,16,19). The maximum atomic E-state index is 12.0. The summed E-state index contributed by atoms with van der Waals surface area (Å²) in [5.74, 6) is 1.85. The fourth-order valence-electron chi connectivity index (χ4n) is 2.90. The lowest BCUT2D eigenvalue weighted by molar-refractivity contribution is -0.128. The smallest absolute Gasteiger partial charge is 0.240 e. The van der Waals surface area contributed by atoms with E-state index >= 15 is 0 Å². The first-order valence-corrected chi connectivity index (χ1v) is 7.52. The van der Waals surface area contributed by atoms with Crippen molar-refractivity contribution in [1.82, 2.24) is 20.4 Å². The van der Waals surface area contributed by atoms with Gasteiger partial charge in [-0.15, -0.1) is 0 Å². The summed E-state index contributed by atoms with van der Waals surface area (Å²) in [6.07, 6.45) is 5.49. The number of rotatable bonds is 4. The summed E-state index contributed by atoms with van der Waals surface area (Å²) in [5, 5.41) is 7.00. The van der Waals surface area contributed by atoms with Crippen molar-refractivity contribution in [3.8, 4) is 0 Å². The minimum atomic E-state index is 0.247. The van der Waals surface area contributed by atoms with Gasteiger partial charge in [-0.2, -0.15) is 4.98 Å². The molecule has 1 aromatic rings. The van der Waals surface area contributed by atoms with Crippen molar-refractivity contribution in [1.29, 1.82) is 0 Å². The minimum Gasteiger partial charge on any atom is -0.352 e. The van der Waals surface area contributed by atoms with Crippen LogP contribution in [-0.4, -0.2) is 40.1 Å². The molecule has 6 nitrogen and oxygen atoms in total. The number of piperidine rings is 1. The normalized spacial score (nSPS) is 24.4. The van der Waals surface area contributed by atoms with E-state index in [1.165, 1.54) is 6.42 Å². The van der Waals surface area contributed by atoms with E-state index in [2.05, 4.69) is 20.4 Å². The van der Waals surface area contributed by atoms with Crippen molar-refractivity contribution in [3.05, 3.63) is 11.7 Å². The van der Waals surface area contributed by atoms with Crippen LogP contribution in [0.15, 0.2) is 4.52 Å². The highest BCUT2D eigenvalue weighted by Crippen LogP contribution is 2.26. The van der Waals surface area contributed by atoms with Crippen molar-refractivity contribution in [3.63, 3.8) is 0 Å². The first-order chi connectivity index (χ1) is 9.70. The van der Waals surface area contributed by atoms with Crippen LogP contribution in [0.5, 0.6) is 0 Å². The van der Waals surface area contributed by atoms with Crippen LogP contribution in [0.2, 0.25) is 0 Å². The number of likely N-dealkylation sites (tertiary alicyclic amines) is 1. The summed E-state index contributed by atoms with van der Waals surface area (Å²) >= 11 is 0. The maximum Gasteiger partial charge on any atom is 0.240 e. The average molecular weight is 278 g/mol. The zero-order valence-electron chi connectivity index (χ0n) is 12.0. The van der Waals surface area contributed by atoms with Crippen molar-refractivity contribution in [2.24, 2.45) is 5.92 Å². The summed E-state index contributed by atoms with van der Waals surface area (Å²) in [6, 6.07) is 0.265. The second-order valence-electron chi connectivity index (χ2n) is 5.95. The van der Waals surface area contributed by atoms with E-state index in [4.69, 9.17) is 4.52 Å². The van der Waals surface area contributed by atoms with Crippen LogP contribution in [0.4, 0.5) is 0 Å². The molecule has 1 N–H and O–H groups in total. The number of carbonyl (C=O) groups excluding carboxylic acids is 1. The predicted octanol–water partition coefficient (Wildman–Crippen LogP) is 1.26. The Balaban J connectivity index is 1.49. The molecule has 3 rings (SSSR count). The number of carbonyl (C=O) groups is 1. The van der Waals surface area contributed by atoms with Gasteiger partial charge in [0.15, 0.2) is 5.82 Å². The molecule has 20 heavy (non-hydrogen) atoms. The molecule has 2 heterocycles. The van der Waals surface area contributed by atoms with Gasteiger partial charge in [-0.05, 0) is 39.2 Å². The molecule has 1 aromatic heterocycles. The van der Waals surface area contributed by atoms with E-state index < -0.39 is 0 Å². The van der Waals surface area contributed by atoms with Gasteiger partial charge >= 0.3 is 0 Å². The van der Waals surface area contributed by atoms with Crippen molar-refractivity contribution < 1.29 is 9.32 Å². The van der Waals surface area contributed by atoms with Crippen LogP contribution in [0, 0.1) is 12.8 Å². The molecule has 1 atom stereocenters. The zero-order valence-corrected chi connectivity index (χ0v) is 12.0. The second kappa shape index (κ2) is 5.91. The molecule has 1 amide bonds. The van der Waals surface area contributed by atoms with Crippen molar-refractivity contribution in [2.75, 3.05) is 13.1 Å². The van der Waals surface area contributed by atoms with Crippen molar-refractivity contribution in [2.45, 2.75) is 51.6 Å². The van der Waals surface area contributed by atoms with Crippen LogP contribution in [0.25, 0.3) is 0 Å². The van der Waals surface area contributed by atoms with Crippen LogP contribution in [0.3, 0.4) is 0 Å². The number of nitrogens with one attached hydrogen (secondary N) is 1. The van der Waals surface area contributed by atoms with Gasteiger partial charge in [0.1, 0.15) is 0 Å². The quantitative estimate of drug-likeness (QED) is 0.897. The van der Waals surface area contributed by atoms with E-state index in [0.717, 1.165) is 38.8 Å². The monoisotopic (exact) mass is 278 g/mol. The van der Waals surface area contributed by atoms with Gasteiger partial charge in [0.25, 0.3) is 0 Å². The van der Waals surface area contributed by atoms with Gasteiger partial charge in [0, 0.05) is 18.5 Å². The Bertz CT molecular complexity index is 469. The molecule has 1 unspecified atom stereocenters. The van der Waals surface area contributed by atoms with Gasteiger partial charge in [-0.1, -0.05) is 11.6 Å². The molecule has 1 saturated heterocycles. The molecule has 0 aromatic carbocycles. The summed E-state index contributed by atoms with van der Waals surface area (Å²) in [4.78, 5) is 18.5. The third-order valence-corrected chi connectivity index (χ3v) is 4.26. The van der Waals surface area contributed by atoms with E-state index in [9.17, 15) is 4.79 Å². The largest absolute Gasteiger partial charge is 0.352 e. The number of aryl methyl sites for hydroxylation is 1. The van der Waals surface area contributed by atoms with Crippen LogP contribution < -0.4 is 5.32 Å². The molecule has 6 heteroatoms. The first-order valence-electron chi connectivity index (χ1n) is 7.52. The Hall–Kier alpha value is -1.43. The highest BCUT2D eigenvalue weighted by molar-refractivity contribution is 5.79. The lowest BCUT2D eigenvalue weighted by atomic mass is 9.84. The van der Waals surface area contributed by atoms with Crippen LogP contribution >= 0.6 is 0 Å². The molecule has 1 aliphatic heterocycles. The number of hydrogen-bond donors (Lipinski definition) is 1. The van der Waals surface area contributed by atoms with Crippen LogP contribution in [-0.2, 0) is 11.3 Å². The minimum absolute atomic E-state index is 0.247. The topological polar surface area (TPSA) is 71.3 Å². The summed E-state index contributed by atoms with van der Waals surface area (Å²) < 4.78 is 5.16. The third kappa shape index (κ3) is 3.17. The highest BCUT2D eigenvalue weighted by Gasteiger charge is 2.29. The Labute approximate surface area is 118 Å². The van der Waals surface area contributed by atoms with E-state index in [0.29, 0.717) is 18.3 Å². The maximum absolute atomic E-state index is 12.0. The molecule has 2 fully saturated rings. The molecule has 0 radical (unpaired) electrons. The lowest BCUT2D eigenvalue weighted by Crippen LogP contribution is -2.49. The zero-order chi connectivity index (χ0) is 13.9.